The standard InChI is InChI=1S/C23H13FNO.C15H16N.Ir/c24-19-13-12-17-16-9-6-10-18(20-11-4-5-14-25-20)22(16)26-23(17)21(19)15-7-2-1-3-8-15;1-11(2)14-10-16-15(9-12(14)3)13-7-5-4-6-8-13;/h1-9,11-14H;4-7,9-11H,1-3H3;/q2*-1;. The number of benzene rings is 4. The van der Waals surface area contributed by atoms with Gasteiger partial charge in [0.25, 0.3) is 0 Å². The summed E-state index contributed by atoms with van der Waals surface area (Å²) < 4.78 is 20.9. The van der Waals surface area contributed by atoms with Crippen molar-refractivity contribution in [3.05, 3.63) is 145 Å². The van der Waals surface area contributed by atoms with Gasteiger partial charge in [-0.15, -0.1) is 54.1 Å². The van der Waals surface area contributed by atoms with Crippen LogP contribution >= 0.6 is 0 Å². The SMILES string of the molecule is Cc1cc(-c2[c-]cccc2)ncc1C(C)C.Fc1ccc2c(oc3c(-c4ccccn4)[c-]ccc32)c1-c1ccccc1.[Ir]. The van der Waals surface area contributed by atoms with Crippen LogP contribution in [0.2, 0.25) is 0 Å². The third kappa shape index (κ3) is 6.19. The minimum absolute atomic E-state index is 0. The monoisotopic (exact) mass is 741 g/mol. The second kappa shape index (κ2) is 13.2. The molecule has 0 bridgehead atoms. The molecule has 7 aromatic rings. The molecule has 0 fully saturated rings. The van der Waals surface area contributed by atoms with Gasteiger partial charge in [-0.1, -0.05) is 78.9 Å². The molecular formula is C38H29FIrN2O-2. The van der Waals surface area contributed by atoms with Gasteiger partial charge in [-0.3, -0.25) is 0 Å². The molecule has 0 aliphatic heterocycles. The van der Waals surface area contributed by atoms with Gasteiger partial charge >= 0.3 is 0 Å². The van der Waals surface area contributed by atoms with Gasteiger partial charge < -0.3 is 14.4 Å². The summed E-state index contributed by atoms with van der Waals surface area (Å²) in [6, 6.07) is 38.7. The third-order valence-corrected chi connectivity index (χ3v) is 7.29. The number of hydrogen-bond donors (Lipinski definition) is 0. The number of rotatable bonds is 4. The van der Waals surface area contributed by atoms with E-state index in [4.69, 9.17) is 4.42 Å². The van der Waals surface area contributed by atoms with Crippen molar-refractivity contribution in [1.29, 1.82) is 0 Å². The van der Waals surface area contributed by atoms with Crippen LogP contribution in [0.1, 0.15) is 30.9 Å². The van der Waals surface area contributed by atoms with Crippen LogP contribution in [0.3, 0.4) is 0 Å². The number of halogens is 1. The summed E-state index contributed by atoms with van der Waals surface area (Å²) in [5.41, 5.74) is 8.72. The molecule has 0 saturated heterocycles. The molecule has 0 N–H and O–H groups in total. The average Bonchev–Trinajstić information content (AvgIpc) is 3.41. The molecule has 4 aromatic carbocycles. The van der Waals surface area contributed by atoms with E-state index in [2.05, 4.69) is 48.9 Å². The molecule has 43 heavy (non-hydrogen) atoms. The van der Waals surface area contributed by atoms with Crippen molar-refractivity contribution in [3.63, 3.8) is 0 Å². The van der Waals surface area contributed by atoms with Gasteiger partial charge in [-0.25, -0.2) is 4.39 Å². The predicted molar refractivity (Wildman–Crippen MR) is 169 cm³/mol. The molecule has 0 amide bonds. The Morgan fingerprint density at radius 3 is 2.21 bits per heavy atom. The fraction of sp³-hybridized carbons (Fsp3) is 0.105. The van der Waals surface area contributed by atoms with E-state index in [9.17, 15) is 4.39 Å². The van der Waals surface area contributed by atoms with E-state index in [1.165, 1.54) is 17.2 Å². The fourth-order valence-corrected chi connectivity index (χ4v) is 5.23. The van der Waals surface area contributed by atoms with E-state index in [1.54, 1.807) is 12.3 Å². The van der Waals surface area contributed by atoms with Gasteiger partial charge in [0.2, 0.25) is 0 Å². The van der Waals surface area contributed by atoms with E-state index < -0.39 is 0 Å². The van der Waals surface area contributed by atoms with Gasteiger partial charge in [0.05, 0.1) is 11.1 Å². The van der Waals surface area contributed by atoms with Crippen LogP contribution in [0.15, 0.2) is 120 Å². The van der Waals surface area contributed by atoms with Crippen molar-refractivity contribution < 1.29 is 28.9 Å². The van der Waals surface area contributed by atoms with Crippen LogP contribution in [0.4, 0.5) is 4.39 Å². The van der Waals surface area contributed by atoms with Crippen molar-refractivity contribution in [3.8, 4) is 33.6 Å². The molecule has 5 heteroatoms. The van der Waals surface area contributed by atoms with Crippen molar-refractivity contribution >= 4 is 21.9 Å². The third-order valence-electron chi connectivity index (χ3n) is 7.29. The van der Waals surface area contributed by atoms with E-state index in [1.807, 2.05) is 91.1 Å². The van der Waals surface area contributed by atoms with Crippen molar-refractivity contribution in [1.82, 2.24) is 9.97 Å². The second-order valence-corrected chi connectivity index (χ2v) is 10.4. The number of hydrogen-bond acceptors (Lipinski definition) is 3. The van der Waals surface area contributed by atoms with Gasteiger partial charge in [0.15, 0.2) is 0 Å². The van der Waals surface area contributed by atoms with Crippen LogP contribution in [-0.4, -0.2) is 9.97 Å². The number of pyridine rings is 2. The summed E-state index contributed by atoms with van der Waals surface area (Å²) in [4.78, 5) is 8.90. The first-order chi connectivity index (χ1) is 20.5. The molecular weight excluding hydrogens is 712 g/mol. The van der Waals surface area contributed by atoms with Gasteiger partial charge in [0.1, 0.15) is 11.4 Å². The minimum atomic E-state index is -0.300. The van der Waals surface area contributed by atoms with Crippen molar-refractivity contribution in [2.45, 2.75) is 26.7 Å². The maximum absolute atomic E-state index is 14.7. The molecule has 215 valence electrons. The summed E-state index contributed by atoms with van der Waals surface area (Å²) in [7, 11) is 0. The molecule has 0 unspecified atom stereocenters. The van der Waals surface area contributed by atoms with Crippen LogP contribution < -0.4 is 0 Å². The number of aromatic nitrogens is 2. The Kier molecular flexibility index (Phi) is 9.25. The Balaban J connectivity index is 0.000000188. The summed E-state index contributed by atoms with van der Waals surface area (Å²) in [6.07, 6.45) is 3.72. The topological polar surface area (TPSA) is 38.9 Å². The van der Waals surface area contributed by atoms with Crippen molar-refractivity contribution in [2.75, 3.05) is 0 Å². The Hall–Kier alpha value is -4.44. The first kappa shape index (κ1) is 30.0. The molecule has 0 aliphatic rings. The quantitative estimate of drug-likeness (QED) is 0.169. The number of fused-ring (bicyclic) bond motifs is 3. The minimum Gasteiger partial charge on any atom is -0.500 e. The Morgan fingerprint density at radius 2 is 1.51 bits per heavy atom. The number of furan rings is 1. The zero-order valence-electron chi connectivity index (χ0n) is 24.1. The molecule has 3 nitrogen and oxygen atoms in total. The van der Waals surface area contributed by atoms with Crippen LogP contribution in [0.5, 0.6) is 0 Å². The smallest absolute Gasteiger partial charge is 0.134 e. The van der Waals surface area contributed by atoms with Crippen molar-refractivity contribution in [2.24, 2.45) is 0 Å². The normalized spacial score (nSPS) is 10.8. The zero-order valence-corrected chi connectivity index (χ0v) is 26.5. The van der Waals surface area contributed by atoms with Gasteiger partial charge in [-0.05, 0) is 53.6 Å². The van der Waals surface area contributed by atoms with Crippen LogP contribution in [-0.2, 0) is 20.1 Å². The summed E-state index contributed by atoms with van der Waals surface area (Å²) in [5.74, 6) is 0.229. The molecule has 7 rings (SSSR count). The Labute approximate surface area is 264 Å². The maximum Gasteiger partial charge on any atom is 0.134 e. The first-order valence-electron chi connectivity index (χ1n) is 14.0. The summed E-state index contributed by atoms with van der Waals surface area (Å²) in [5, 5.41) is 1.81. The molecule has 0 saturated carbocycles. The van der Waals surface area contributed by atoms with Crippen LogP contribution in [0.25, 0.3) is 55.6 Å². The summed E-state index contributed by atoms with van der Waals surface area (Å²) >= 11 is 0. The van der Waals surface area contributed by atoms with E-state index in [0.717, 1.165) is 38.9 Å². The number of aryl methyl sites for hydroxylation is 1. The number of nitrogens with zero attached hydrogens (tertiary/aromatic N) is 2. The second-order valence-electron chi connectivity index (χ2n) is 10.4. The largest absolute Gasteiger partial charge is 0.500 e. The molecule has 0 aliphatic carbocycles. The van der Waals surface area contributed by atoms with E-state index in [-0.39, 0.29) is 25.9 Å². The molecule has 1 radical (unpaired) electrons. The Bertz CT molecular complexity index is 1970. The maximum atomic E-state index is 14.7. The Morgan fingerprint density at radius 1 is 0.744 bits per heavy atom. The molecule has 3 heterocycles. The molecule has 0 spiro atoms. The molecule has 3 aromatic heterocycles. The first-order valence-corrected chi connectivity index (χ1v) is 14.0. The van der Waals surface area contributed by atoms with Gasteiger partial charge in [0, 0.05) is 37.9 Å². The van der Waals surface area contributed by atoms with E-state index >= 15 is 0 Å². The van der Waals surface area contributed by atoms with E-state index in [0.29, 0.717) is 22.6 Å². The predicted octanol–water partition coefficient (Wildman–Crippen LogP) is 10.2. The fourth-order valence-electron chi connectivity index (χ4n) is 5.23. The zero-order chi connectivity index (χ0) is 29.1. The average molecular weight is 741 g/mol. The molecule has 0 atom stereocenters. The van der Waals surface area contributed by atoms with Gasteiger partial charge in [-0.2, -0.15) is 0 Å². The van der Waals surface area contributed by atoms with Crippen LogP contribution in [0, 0.1) is 24.9 Å². The summed E-state index contributed by atoms with van der Waals surface area (Å²) in [6.45, 7) is 6.53.